The number of hydrogen-bond acceptors (Lipinski definition) is 7. The number of halogens is 1. The minimum absolute atomic E-state index is 0.221. The van der Waals surface area contributed by atoms with E-state index in [0.29, 0.717) is 29.4 Å². The predicted molar refractivity (Wildman–Crippen MR) is 123 cm³/mol. The zero-order valence-corrected chi connectivity index (χ0v) is 19.7. The molecule has 1 aliphatic rings. The van der Waals surface area contributed by atoms with Crippen LogP contribution in [0.2, 0.25) is 0 Å². The molecule has 1 fully saturated rings. The number of esters is 1. The molecule has 1 heterocycles. The van der Waals surface area contributed by atoms with E-state index in [1.165, 1.54) is 13.2 Å². The molecule has 1 aliphatic heterocycles. The number of aryl methyl sites for hydroxylation is 1. The number of barbiturate groups is 1. The van der Waals surface area contributed by atoms with Crippen molar-refractivity contribution in [3.63, 3.8) is 0 Å². The minimum atomic E-state index is -0.828. The summed E-state index contributed by atoms with van der Waals surface area (Å²) in [7, 11) is 1.25. The van der Waals surface area contributed by atoms with Gasteiger partial charge in [0.2, 0.25) is 0 Å². The molecule has 0 unspecified atom stereocenters. The second kappa shape index (κ2) is 10.3. The molecule has 0 aromatic heterocycles. The third kappa shape index (κ3) is 5.40. The molecule has 2 aromatic rings. The number of rotatable bonds is 7. The molecule has 9 nitrogen and oxygen atoms in total. The van der Waals surface area contributed by atoms with Crippen molar-refractivity contribution in [1.29, 1.82) is 0 Å². The van der Waals surface area contributed by atoms with Crippen LogP contribution in [0.5, 0.6) is 11.5 Å². The van der Waals surface area contributed by atoms with Crippen molar-refractivity contribution in [1.82, 2.24) is 5.32 Å². The van der Waals surface area contributed by atoms with Gasteiger partial charge in [0.15, 0.2) is 18.1 Å². The molecule has 0 spiro atoms. The summed E-state index contributed by atoms with van der Waals surface area (Å²) in [6.45, 7) is 3.61. The Hall–Kier alpha value is -3.66. The van der Waals surface area contributed by atoms with Crippen LogP contribution in [0, 0.1) is 6.92 Å². The fourth-order valence-corrected chi connectivity index (χ4v) is 3.27. The molecule has 0 bridgehead atoms. The quantitative estimate of drug-likeness (QED) is 0.341. The van der Waals surface area contributed by atoms with Crippen molar-refractivity contribution in [3.8, 4) is 11.5 Å². The van der Waals surface area contributed by atoms with Crippen molar-refractivity contribution in [2.75, 3.05) is 25.2 Å². The lowest BCUT2D eigenvalue weighted by molar-refractivity contribution is -0.143. The van der Waals surface area contributed by atoms with E-state index in [9.17, 15) is 19.2 Å². The number of carbonyl (C=O) groups is 4. The van der Waals surface area contributed by atoms with Crippen molar-refractivity contribution in [2.24, 2.45) is 0 Å². The van der Waals surface area contributed by atoms with E-state index in [-0.39, 0.29) is 12.2 Å². The highest BCUT2D eigenvalue weighted by Gasteiger charge is 2.37. The fourth-order valence-electron chi connectivity index (χ4n) is 3.02. The first-order valence-corrected chi connectivity index (χ1v) is 10.7. The summed E-state index contributed by atoms with van der Waals surface area (Å²) in [5, 5.41) is 2.19. The van der Waals surface area contributed by atoms with Gasteiger partial charge in [-0.05, 0) is 61.4 Å². The number of amides is 4. The van der Waals surface area contributed by atoms with Crippen molar-refractivity contribution >= 4 is 51.5 Å². The first-order valence-electron chi connectivity index (χ1n) is 9.89. The monoisotopic (exact) mass is 516 g/mol. The molecule has 2 aromatic carbocycles. The Kier molecular flexibility index (Phi) is 7.49. The smallest absolute Gasteiger partial charge is 0.343 e. The molecule has 10 heteroatoms. The topological polar surface area (TPSA) is 111 Å². The van der Waals surface area contributed by atoms with Crippen LogP contribution in [0.25, 0.3) is 6.08 Å². The largest absolute Gasteiger partial charge is 0.490 e. The van der Waals surface area contributed by atoms with Gasteiger partial charge >= 0.3 is 12.0 Å². The summed E-state index contributed by atoms with van der Waals surface area (Å²) in [5.74, 6) is -1.50. The predicted octanol–water partition coefficient (Wildman–Crippen LogP) is 3.37. The standard InChI is InChI=1S/C23H21BrN2O7/c1-4-32-19-11-14(5-8-18(19)33-12-20(27)31-3)10-16-21(28)25-23(30)26(22(16)29)15-6-7-17(24)13(2)9-15/h5-11H,4,12H2,1-3H3,(H,25,28,30)/b16-10+. The van der Waals surface area contributed by atoms with Gasteiger partial charge in [-0.3, -0.25) is 14.9 Å². The zero-order chi connectivity index (χ0) is 24.1. The number of methoxy groups -OCH3 is 1. The SMILES string of the molecule is CCOc1cc(/C=C2\C(=O)NC(=O)N(c3ccc(Br)c(C)c3)C2=O)ccc1OCC(=O)OC. The Morgan fingerprint density at radius 3 is 2.52 bits per heavy atom. The van der Waals surface area contributed by atoms with E-state index >= 15 is 0 Å². The summed E-state index contributed by atoms with van der Waals surface area (Å²) in [4.78, 5) is 50.2. The summed E-state index contributed by atoms with van der Waals surface area (Å²) >= 11 is 3.38. The van der Waals surface area contributed by atoms with Crippen molar-refractivity contribution in [2.45, 2.75) is 13.8 Å². The normalized spacial score (nSPS) is 14.8. The van der Waals surface area contributed by atoms with Gasteiger partial charge in [0.25, 0.3) is 11.8 Å². The molecule has 0 aliphatic carbocycles. The van der Waals surface area contributed by atoms with E-state index in [1.807, 2.05) is 6.92 Å². The highest BCUT2D eigenvalue weighted by atomic mass is 79.9. The van der Waals surface area contributed by atoms with Gasteiger partial charge in [-0.25, -0.2) is 14.5 Å². The number of carbonyl (C=O) groups excluding carboxylic acids is 4. The zero-order valence-electron chi connectivity index (χ0n) is 18.1. The molecule has 0 radical (unpaired) electrons. The van der Waals surface area contributed by atoms with E-state index in [1.54, 1.807) is 43.3 Å². The summed E-state index contributed by atoms with van der Waals surface area (Å²) in [6, 6.07) is 8.85. The minimum Gasteiger partial charge on any atom is -0.490 e. The number of imide groups is 2. The molecule has 172 valence electrons. The first-order chi connectivity index (χ1) is 15.7. The number of ether oxygens (including phenoxy) is 3. The van der Waals surface area contributed by atoms with Gasteiger partial charge in [0, 0.05) is 4.47 Å². The van der Waals surface area contributed by atoms with Gasteiger partial charge < -0.3 is 14.2 Å². The van der Waals surface area contributed by atoms with Crippen LogP contribution in [0.15, 0.2) is 46.4 Å². The second-order valence-electron chi connectivity index (χ2n) is 6.90. The van der Waals surface area contributed by atoms with Crippen LogP contribution in [-0.4, -0.2) is 44.1 Å². The lowest BCUT2D eigenvalue weighted by Gasteiger charge is -2.26. The van der Waals surface area contributed by atoms with E-state index in [2.05, 4.69) is 26.0 Å². The maximum atomic E-state index is 13.1. The molecule has 1 saturated heterocycles. The van der Waals surface area contributed by atoms with Crippen LogP contribution in [-0.2, 0) is 19.1 Å². The summed E-state index contributed by atoms with van der Waals surface area (Å²) in [5.41, 5.74) is 1.39. The summed E-state index contributed by atoms with van der Waals surface area (Å²) < 4.78 is 16.4. The number of hydrogen-bond donors (Lipinski definition) is 1. The third-order valence-corrected chi connectivity index (χ3v) is 5.54. The molecule has 0 saturated carbocycles. The Balaban J connectivity index is 1.94. The number of urea groups is 1. The number of nitrogens with zero attached hydrogens (tertiary/aromatic N) is 1. The average Bonchev–Trinajstić information content (AvgIpc) is 2.78. The van der Waals surface area contributed by atoms with Crippen LogP contribution in [0.4, 0.5) is 10.5 Å². The Bertz CT molecular complexity index is 1160. The lowest BCUT2D eigenvalue weighted by atomic mass is 10.1. The highest BCUT2D eigenvalue weighted by Crippen LogP contribution is 2.31. The van der Waals surface area contributed by atoms with Crippen molar-refractivity contribution in [3.05, 3.63) is 57.6 Å². The Labute approximate surface area is 198 Å². The fraction of sp³-hybridized carbons (Fsp3) is 0.217. The second-order valence-corrected chi connectivity index (χ2v) is 7.75. The highest BCUT2D eigenvalue weighted by molar-refractivity contribution is 9.10. The molecule has 4 amide bonds. The van der Waals surface area contributed by atoms with Crippen LogP contribution < -0.4 is 19.7 Å². The lowest BCUT2D eigenvalue weighted by Crippen LogP contribution is -2.54. The maximum Gasteiger partial charge on any atom is 0.343 e. The van der Waals surface area contributed by atoms with Crippen LogP contribution in [0.1, 0.15) is 18.1 Å². The van der Waals surface area contributed by atoms with Gasteiger partial charge in [-0.2, -0.15) is 0 Å². The van der Waals surface area contributed by atoms with Crippen LogP contribution >= 0.6 is 15.9 Å². The number of nitrogens with one attached hydrogen (secondary N) is 1. The molecule has 0 atom stereocenters. The Morgan fingerprint density at radius 2 is 1.85 bits per heavy atom. The molecular formula is C23H21BrN2O7. The van der Waals surface area contributed by atoms with Gasteiger partial charge in [-0.1, -0.05) is 22.0 Å². The molecular weight excluding hydrogens is 496 g/mol. The van der Waals surface area contributed by atoms with E-state index in [4.69, 9.17) is 9.47 Å². The van der Waals surface area contributed by atoms with Gasteiger partial charge in [0.1, 0.15) is 5.57 Å². The first kappa shape index (κ1) is 24.0. The average molecular weight is 517 g/mol. The van der Waals surface area contributed by atoms with Crippen molar-refractivity contribution < 1.29 is 33.4 Å². The van der Waals surface area contributed by atoms with E-state index in [0.717, 1.165) is 14.9 Å². The Morgan fingerprint density at radius 1 is 1.09 bits per heavy atom. The van der Waals surface area contributed by atoms with Gasteiger partial charge in [0.05, 0.1) is 19.4 Å². The summed E-state index contributed by atoms with van der Waals surface area (Å²) in [6.07, 6.45) is 1.36. The molecule has 1 N–H and O–H groups in total. The number of benzene rings is 2. The maximum absolute atomic E-state index is 13.1. The third-order valence-electron chi connectivity index (χ3n) is 4.65. The molecule has 33 heavy (non-hydrogen) atoms. The van der Waals surface area contributed by atoms with Gasteiger partial charge in [-0.15, -0.1) is 0 Å². The molecule has 3 rings (SSSR count). The van der Waals surface area contributed by atoms with Crippen LogP contribution in [0.3, 0.4) is 0 Å². The van der Waals surface area contributed by atoms with E-state index < -0.39 is 23.8 Å². The number of anilines is 1.